The molecule has 88 valence electrons. The van der Waals surface area contributed by atoms with Crippen LogP contribution in [-0.2, 0) is 0 Å². The second-order valence-corrected chi connectivity index (χ2v) is 3.79. The number of rotatable bonds is 4. The Morgan fingerprint density at radius 2 is 1.71 bits per heavy atom. The minimum absolute atomic E-state index is 0.918. The average molecular weight is 227 g/mol. The predicted molar refractivity (Wildman–Crippen MR) is 71.0 cm³/mol. The molecule has 0 aliphatic rings. The van der Waals surface area contributed by atoms with Gasteiger partial charge in [0.1, 0.15) is 0 Å². The molecule has 3 nitrogen and oxygen atoms in total. The fourth-order valence-electron chi connectivity index (χ4n) is 1.86. The van der Waals surface area contributed by atoms with E-state index < -0.39 is 0 Å². The van der Waals surface area contributed by atoms with Gasteiger partial charge in [-0.05, 0) is 38.1 Å². The molecular formula is C14H17N3. The van der Waals surface area contributed by atoms with E-state index in [0.29, 0.717) is 0 Å². The first-order valence-electron chi connectivity index (χ1n) is 5.97. The van der Waals surface area contributed by atoms with Crippen molar-refractivity contribution >= 4 is 5.69 Å². The second-order valence-electron chi connectivity index (χ2n) is 3.79. The van der Waals surface area contributed by atoms with Crippen molar-refractivity contribution in [1.82, 2.24) is 9.97 Å². The Morgan fingerprint density at radius 3 is 2.35 bits per heavy atom. The minimum atomic E-state index is 0.918. The number of hydrogen-bond acceptors (Lipinski definition) is 3. The van der Waals surface area contributed by atoms with E-state index in [2.05, 4.69) is 34.8 Å². The highest BCUT2D eigenvalue weighted by Gasteiger charge is 2.05. The van der Waals surface area contributed by atoms with Crippen molar-refractivity contribution in [1.29, 1.82) is 0 Å². The maximum absolute atomic E-state index is 4.37. The summed E-state index contributed by atoms with van der Waals surface area (Å²) in [6, 6.07) is 10.0. The monoisotopic (exact) mass is 227 g/mol. The molecular weight excluding hydrogens is 210 g/mol. The lowest BCUT2D eigenvalue weighted by atomic mass is 10.2. The van der Waals surface area contributed by atoms with E-state index in [1.54, 1.807) is 6.20 Å². The molecule has 0 bridgehead atoms. The van der Waals surface area contributed by atoms with Gasteiger partial charge in [0.25, 0.3) is 0 Å². The summed E-state index contributed by atoms with van der Waals surface area (Å²) in [6.07, 6.45) is 3.64. The van der Waals surface area contributed by atoms with Crippen LogP contribution in [0.5, 0.6) is 0 Å². The predicted octanol–water partition coefficient (Wildman–Crippen LogP) is 2.99. The summed E-state index contributed by atoms with van der Waals surface area (Å²) >= 11 is 0. The van der Waals surface area contributed by atoms with E-state index in [-0.39, 0.29) is 0 Å². The molecule has 17 heavy (non-hydrogen) atoms. The second kappa shape index (κ2) is 5.43. The van der Waals surface area contributed by atoms with E-state index in [0.717, 1.165) is 24.5 Å². The molecule has 0 N–H and O–H groups in total. The Balaban J connectivity index is 2.35. The Labute approximate surface area is 102 Å². The number of pyridine rings is 2. The highest BCUT2D eigenvalue weighted by Crippen LogP contribution is 2.20. The van der Waals surface area contributed by atoms with Crippen molar-refractivity contribution in [3.63, 3.8) is 0 Å². The van der Waals surface area contributed by atoms with Crippen molar-refractivity contribution in [2.75, 3.05) is 18.0 Å². The molecule has 0 radical (unpaired) electrons. The van der Waals surface area contributed by atoms with Crippen molar-refractivity contribution in [3.8, 4) is 11.4 Å². The van der Waals surface area contributed by atoms with Crippen LogP contribution in [0.1, 0.15) is 13.8 Å². The van der Waals surface area contributed by atoms with Gasteiger partial charge in [-0.15, -0.1) is 0 Å². The Kier molecular flexibility index (Phi) is 3.70. The molecule has 0 aliphatic heterocycles. The van der Waals surface area contributed by atoms with Crippen LogP contribution in [0.4, 0.5) is 5.69 Å². The first-order chi connectivity index (χ1) is 8.35. The van der Waals surface area contributed by atoms with E-state index in [1.165, 1.54) is 5.69 Å². The summed E-state index contributed by atoms with van der Waals surface area (Å²) in [5.74, 6) is 0. The number of nitrogens with zero attached hydrogens (tertiary/aromatic N) is 3. The normalized spacial score (nSPS) is 10.2. The Morgan fingerprint density at radius 1 is 0.941 bits per heavy atom. The molecule has 0 saturated carbocycles. The first kappa shape index (κ1) is 11.6. The molecule has 2 rings (SSSR count). The van der Waals surface area contributed by atoms with Gasteiger partial charge in [-0.25, -0.2) is 0 Å². The molecule has 0 saturated heterocycles. The van der Waals surface area contributed by atoms with Crippen LogP contribution in [0.15, 0.2) is 42.7 Å². The van der Waals surface area contributed by atoms with E-state index in [1.807, 2.05) is 30.5 Å². The fourth-order valence-corrected chi connectivity index (χ4v) is 1.86. The third-order valence-electron chi connectivity index (χ3n) is 2.80. The largest absolute Gasteiger partial charge is 0.372 e. The number of anilines is 1. The van der Waals surface area contributed by atoms with Crippen molar-refractivity contribution < 1.29 is 0 Å². The lowest BCUT2D eigenvalue weighted by Crippen LogP contribution is -2.21. The van der Waals surface area contributed by atoms with Crippen LogP contribution in [0.3, 0.4) is 0 Å². The van der Waals surface area contributed by atoms with Gasteiger partial charge in [0.2, 0.25) is 0 Å². The summed E-state index contributed by atoms with van der Waals surface area (Å²) in [5.41, 5.74) is 3.04. The quantitative estimate of drug-likeness (QED) is 0.804. The molecule has 0 fully saturated rings. The molecule has 0 aliphatic carbocycles. The number of hydrogen-bond donors (Lipinski definition) is 0. The molecule has 2 aromatic rings. The van der Waals surface area contributed by atoms with Crippen LogP contribution in [0, 0.1) is 0 Å². The lowest BCUT2D eigenvalue weighted by molar-refractivity contribution is 0.865. The highest BCUT2D eigenvalue weighted by atomic mass is 15.1. The molecule has 0 atom stereocenters. The van der Waals surface area contributed by atoms with Crippen LogP contribution in [-0.4, -0.2) is 23.1 Å². The zero-order valence-corrected chi connectivity index (χ0v) is 10.3. The zero-order chi connectivity index (χ0) is 12.1. The van der Waals surface area contributed by atoms with E-state index in [4.69, 9.17) is 0 Å². The summed E-state index contributed by atoms with van der Waals surface area (Å²) in [6.45, 7) is 6.32. The molecule has 0 aromatic carbocycles. The SMILES string of the molecule is CCN(CC)c1ccnc(-c2ccccn2)c1. The van der Waals surface area contributed by atoms with Crippen LogP contribution >= 0.6 is 0 Å². The highest BCUT2D eigenvalue weighted by molar-refractivity contribution is 5.61. The average Bonchev–Trinajstić information content (AvgIpc) is 2.42. The van der Waals surface area contributed by atoms with E-state index in [9.17, 15) is 0 Å². The van der Waals surface area contributed by atoms with Gasteiger partial charge in [-0.1, -0.05) is 6.07 Å². The summed E-state index contributed by atoms with van der Waals surface area (Å²) in [7, 11) is 0. The lowest BCUT2D eigenvalue weighted by Gasteiger charge is -2.21. The minimum Gasteiger partial charge on any atom is -0.372 e. The first-order valence-corrected chi connectivity index (χ1v) is 5.97. The van der Waals surface area contributed by atoms with Gasteiger partial charge in [-0.3, -0.25) is 9.97 Å². The van der Waals surface area contributed by atoms with Gasteiger partial charge in [0.05, 0.1) is 11.4 Å². The van der Waals surface area contributed by atoms with Gasteiger partial charge >= 0.3 is 0 Å². The van der Waals surface area contributed by atoms with Crippen LogP contribution < -0.4 is 4.90 Å². The molecule has 2 heterocycles. The third kappa shape index (κ3) is 2.61. The van der Waals surface area contributed by atoms with Gasteiger partial charge < -0.3 is 4.90 Å². The van der Waals surface area contributed by atoms with E-state index >= 15 is 0 Å². The standard InChI is InChI=1S/C14H17N3/c1-3-17(4-2)12-8-10-16-14(11-12)13-7-5-6-9-15-13/h5-11H,3-4H2,1-2H3. The molecule has 0 unspecified atom stereocenters. The fraction of sp³-hybridized carbons (Fsp3) is 0.286. The topological polar surface area (TPSA) is 29.0 Å². The van der Waals surface area contributed by atoms with Gasteiger partial charge in [0, 0.05) is 31.2 Å². The zero-order valence-electron chi connectivity index (χ0n) is 10.3. The molecule has 0 amide bonds. The van der Waals surface area contributed by atoms with Gasteiger partial charge in [0.15, 0.2) is 0 Å². The van der Waals surface area contributed by atoms with Crippen molar-refractivity contribution in [2.24, 2.45) is 0 Å². The summed E-state index contributed by atoms with van der Waals surface area (Å²) < 4.78 is 0. The maximum atomic E-state index is 4.37. The molecule has 2 aromatic heterocycles. The molecule has 3 heteroatoms. The number of aromatic nitrogens is 2. The third-order valence-corrected chi connectivity index (χ3v) is 2.80. The van der Waals surface area contributed by atoms with Gasteiger partial charge in [-0.2, -0.15) is 0 Å². The Bertz CT molecular complexity index is 464. The molecule has 0 spiro atoms. The van der Waals surface area contributed by atoms with Crippen molar-refractivity contribution in [2.45, 2.75) is 13.8 Å². The van der Waals surface area contributed by atoms with Crippen LogP contribution in [0.25, 0.3) is 11.4 Å². The smallest absolute Gasteiger partial charge is 0.0906 e. The maximum Gasteiger partial charge on any atom is 0.0906 e. The Hall–Kier alpha value is -1.90. The van der Waals surface area contributed by atoms with Crippen molar-refractivity contribution in [3.05, 3.63) is 42.7 Å². The summed E-state index contributed by atoms with van der Waals surface area (Å²) in [5, 5.41) is 0. The summed E-state index contributed by atoms with van der Waals surface area (Å²) in [4.78, 5) is 11.0. The van der Waals surface area contributed by atoms with Crippen LogP contribution in [0.2, 0.25) is 0 Å².